The van der Waals surface area contributed by atoms with E-state index in [9.17, 15) is 19.2 Å². The van der Waals surface area contributed by atoms with Crippen molar-refractivity contribution in [2.45, 2.75) is 57.8 Å². The second-order valence-electron chi connectivity index (χ2n) is 7.48. The summed E-state index contributed by atoms with van der Waals surface area (Å²) in [6.45, 7) is 4.32. The van der Waals surface area contributed by atoms with Crippen LogP contribution in [-0.4, -0.2) is 64.7 Å². The van der Waals surface area contributed by atoms with Gasteiger partial charge in [0.25, 0.3) is 0 Å². The average Bonchev–Trinajstić information content (AvgIpc) is 2.75. The number of nitrogens with one attached hydrogen (secondary N) is 3. The fourth-order valence-electron chi connectivity index (χ4n) is 2.74. The van der Waals surface area contributed by atoms with Crippen LogP contribution in [0.5, 0.6) is 0 Å². The Hall–Kier alpha value is -2.98. The van der Waals surface area contributed by atoms with E-state index < -0.39 is 54.5 Å². The summed E-state index contributed by atoms with van der Waals surface area (Å²) in [6.07, 6.45) is 0.682. The number of aliphatic carboxylic acids is 1. The number of hydrogen-bond acceptors (Lipinski definition) is 6. The van der Waals surface area contributed by atoms with E-state index >= 15 is 0 Å². The van der Waals surface area contributed by atoms with Gasteiger partial charge in [-0.2, -0.15) is 0 Å². The maximum Gasteiger partial charge on any atom is 0.325 e. The number of carbonyl (C=O) groups excluding carboxylic acids is 3. The zero-order chi connectivity index (χ0) is 23.6. The van der Waals surface area contributed by atoms with Crippen molar-refractivity contribution in [3.63, 3.8) is 0 Å². The van der Waals surface area contributed by atoms with Gasteiger partial charge in [-0.15, -0.1) is 0 Å². The highest BCUT2D eigenvalue weighted by Gasteiger charge is 2.31. The lowest BCUT2D eigenvalue weighted by atomic mass is 9.96. The molecule has 1 rings (SSSR count). The number of rotatable bonds is 12. The van der Waals surface area contributed by atoms with Crippen LogP contribution in [0.15, 0.2) is 30.3 Å². The maximum atomic E-state index is 13.0. The number of nitrogens with two attached hydrogens (primary N) is 1. The molecule has 0 heterocycles. The number of benzene rings is 1. The van der Waals surface area contributed by atoms with E-state index in [4.69, 9.17) is 15.9 Å². The molecule has 0 aliphatic heterocycles. The third kappa shape index (κ3) is 8.35. The molecule has 1 aromatic carbocycles. The highest BCUT2D eigenvalue weighted by Crippen LogP contribution is 2.10. The van der Waals surface area contributed by atoms with E-state index in [1.807, 2.05) is 13.0 Å². The van der Waals surface area contributed by atoms with Crippen molar-refractivity contribution in [3.05, 3.63) is 35.9 Å². The molecule has 172 valence electrons. The van der Waals surface area contributed by atoms with Crippen molar-refractivity contribution in [1.29, 1.82) is 0 Å². The molecule has 0 saturated carbocycles. The van der Waals surface area contributed by atoms with Crippen molar-refractivity contribution in [2.24, 2.45) is 11.7 Å². The number of carboxylic acids is 1. The van der Waals surface area contributed by atoms with Gasteiger partial charge in [0, 0.05) is 6.42 Å². The predicted molar refractivity (Wildman–Crippen MR) is 114 cm³/mol. The SMILES string of the molecule is CCC(C)C(NC(=O)C(Cc1ccccc1)NC(=O)C(N)CO)C(=O)NC(C)C(=O)O. The third-order valence-corrected chi connectivity index (χ3v) is 4.97. The van der Waals surface area contributed by atoms with Crippen LogP contribution in [0.25, 0.3) is 0 Å². The van der Waals surface area contributed by atoms with E-state index in [0.29, 0.717) is 6.42 Å². The summed E-state index contributed by atoms with van der Waals surface area (Å²) >= 11 is 0. The van der Waals surface area contributed by atoms with E-state index in [-0.39, 0.29) is 12.3 Å². The first-order chi connectivity index (χ1) is 14.6. The lowest BCUT2D eigenvalue weighted by molar-refractivity contribution is -0.142. The Balaban J connectivity index is 3.05. The number of hydrogen-bond donors (Lipinski definition) is 6. The minimum atomic E-state index is -1.20. The summed E-state index contributed by atoms with van der Waals surface area (Å²) in [5.74, 6) is -3.45. The Bertz CT molecular complexity index is 757. The first kappa shape index (κ1) is 26.1. The minimum Gasteiger partial charge on any atom is -0.480 e. The number of carbonyl (C=O) groups is 4. The molecule has 0 bridgehead atoms. The van der Waals surface area contributed by atoms with Crippen molar-refractivity contribution < 1.29 is 29.4 Å². The Morgan fingerprint density at radius 2 is 1.58 bits per heavy atom. The van der Waals surface area contributed by atoms with Gasteiger partial charge < -0.3 is 31.9 Å². The topological polar surface area (TPSA) is 171 Å². The van der Waals surface area contributed by atoms with Crippen LogP contribution in [0, 0.1) is 5.92 Å². The Morgan fingerprint density at radius 3 is 2.10 bits per heavy atom. The summed E-state index contributed by atoms with van der Waals surface area (Å²) in [5.41, 5.74) is 6.32. The molecule has 0 aliphatic carbocycles. The van der Waals surface area contributed by atoms with E-state index in [0.717, 1.165) is 5.56 Å². The normalized spacial score (nSPS) is 15.6. The van der Waals surface area contributed by atoms with Crippen LogP contribution in [0.4, 0.5) is 0 Å². The van der Waals surface area contributed by atoms with E-state index in [2.05, 4.69) is 16.0 Å². The lowest BCUT2D eigenvalue weighted by Crippen LogP contribution is -2.59. The molecule has 0 spiro atoms. The van der Waals surface area contributed by atoms with Gasteiger partial charge >= 0.3 is 5.97 Å². The number of aliphatic hydroxyl groups is 1. The van der Waals surface area contributed by atoms with Crippen LogP contribution < -0.4 is 21.7 Å². The summed E-state index contributed by atoms with van der Waals surface area (Å²) in [4.78, 5) is 48.9. The molecule has 0 saturated heterocycles. The minimum absolute atomic E-state index is 0.136. The molecule has 0 aromatic heterocycles. The van der Waals surface area contributed by atoms with E-state index in [1.165, 1.54) is 6.92 Å². The molecule has 0 radical (unpaired) electrons. The van der Waals surface area contributed by atoms with Crippen LogP contribution in [-0.2, 0) is 25.6 Å². The zero-order valence-electron chi connectivity index (χ0n) is 18.0. The fourth-order valence-corrected chi connectivity index (χ4v) is 2.74. The molecule has 10 heteroatoms. The molecule has 0 aliphatic rings. The average molecular weight is 437 g/mol. The van der Waals surface area contributed by atoms with Crippen molar-refractivity contribution in [1.82, 2.24) is 16.0 Å². The summed E-state index contributed by atoms with van der Waals surface area (Å²) in [7, 11) is 0. The second kappa shape index (κ2) is 12.7. The van der Waals surface area contributed by atoms with Gasteiger partial charge in [0.15, 0.2) is 0 Å². The van der Waals surface area contributed by atoms with Gasteiger partial charge in [0.05, 0.1) is 6.61 Å². The largest absolute Gasteiger partial charge is 0.480 e. The second-order valence-corrected chi connectivity index (χ2v) is 7.48. The molecule has 5 atom stereocenters. The standard InChI is InChI=1S/C21H32N4O6/c1-4-12(2)17(20(29)23-13(3)21(30)31)25-19(28)16(24-18(27)15(22)11-26)10-14-8-6-5-7-9-14/h5-9,12-13,15-17,26H,4,10-11,22H2,1-3H3,(H,23,29)(H,24,27)(H,25,28)(H,30,31). The van der Waals surface area contributed by atoms with Crippen molar-refractivity contribution in [3.8, 4) is 0 Å². The van der Waals surface area contributed by atoms with Gasteiger partial charge in [0.1, 0.15) is 24.2 Å². The Labute approximate surface area is 181 Å². The Morgan fingerprint density at radius 1 is 0.968 bits per heavy atom. The van der Waals surface area contributed by atoms with Crippen LogP contribution in [0.1, 0.15) is 32.8 Å². The van der Waals surface area contributed by atoms with Gasteiger partial charge in [-0.1, -0.05) is 50.6 Å². The first-order valence-electron chi connectivity index (χ1n) is 10.1. The van der Waals surface area contributed by atoms with Crippen molar-refractivity contribution in [2.75, 3.05) is 6.61 Å². The quantitative estimate of drug-likeness (QED) is 0.248. The first-order valence-corrected chi connectivity index (χ1v) is 10.1. The van der Waals surface area contributed by atoms with Crippen LogP contribution >= 0.6 is 0 Å². The van der Waals surface area contributed by atoms with Gasteiger partial charge in [-0.25, -0.2) is 0 Å². The number of carboxylic acid groups (broad SMARTS) is 1. The lowest BCUT2D eigenvalue weighted by Gasteiger charge is -2.27. The summed E-state index contributed by atoms with van der Waals surface area (Å²) < 4.78 is 0. The van der Waals surface area contributed by atoms with Crippen molar-refractivity contribution >= 4 is 23.7 Å². The predicted octanol–water partition coefficient (Wildman–Crippen LogP) is -0.846. The monoisotopic (exact) mass is 436 g/mol. The zero-order valence-corrected chi connectivity index (χ0v) is 18.0. The van der Waals surface area contributed by atoms with Crippen LogP contribution in [0.3, 0.4) is 0 Å². The smallest absolute Gasteiger partial charge is 0.325 e. The molecular weight excluding hydrogens is 404 g/mol. The number of amides is 3. The van der Waals surface area contributed by atoms with E-state index in [1.54, 1.807) is 31.2 Å². The molecule has 3 amide bonds. The fraction of sp³-hybridized carbons (Fsp3) is 0.524. The summed E-state index contributed by atoms with van der Waals surface area (Å²) in [6, 6.07) is 4.57. The maximum absolute atomic E-state index is 13.0. The molecule has 10 nitrogen and oxygen atoms in total. The van der Waals surface area contributed by atoms with Gasteiger partial charge in [0.2, 0.25) is 17.7 Å². The molecule has 31 heavy (non-hydrogen) atoms. The Kier molecular flexibility index (Phi) is 10.6. The highest BCUT2D eigenvalue weighted by atomic mass is 16.4. The van der Waals surface area contributed by atoms with Gasteiger partial charge in [-0.3, -0.25) is 19.2 Å². The highest BCUT2D eigenvalue weighted by molar-refractivity contribution is 5.94. The third-order valence-electron chi connectivity index (χ3n) is 4.97. The summed E-state index contributed by atoms with van der Waals surface area (Å²) in [5, 5.41) is 25.7. The molecule has 0 fully saturated rings. The van der Waals surface area contributed by atoms with Gasteiger partial charge in [-0.05, 0) is 18.4 Å². The molecule has 1 aromatic rings. The molecule has 7 N–H and O–H groups in total. The van der Waals surface area contributed by atoms with Crippen LogP contribution in [0.2, 0.25) is 0 Å². The number of aliphatic hydroxyl groups excluding tert-OH is 1. The molecular formula is C21H32N4O6. The molecule has 5 unspecified atom stereocenters.